The molecule has 0 bridgehead atoms. The predicted molar refractivity (Wildman–Crippen MR) is 48.3 cm³/mol. The van der Waals surface area contributed by atoms with E-state index in [9.17, 15) is 49.6 Å². The summed E-state index contributed by atoms with van der Waals surface area (Å²) >= 11 is 0. The van der Waals surface area contributed by atoms with Gasteiger partial charge in [-0.1, -0.05) is 6.08 Å². The highest BCUT2D eigenvalue weighted by molar-refractivity contribution is 5.32. The highest BCUT2D eigenvalue weighted by atomic mass is 19.4. The standard InChI is InChI=1S/C9H4F9NO2/c10-7(11,12)3-1-4(8(13,14)15)6(9(16,17)18)5(2-3)19(20)21/h1-3,6H. The summed E-state index contributed by atoms with van der Waals surface area (Å²) in [5, 5.41) is 10.4. The Labute approximate surface area is 109 Å². The quantitative estimate of drug-likeness (QED) is 0.316. The molecule has 0 radical (unpaired) electrons. The van der Waals surface area contributed by atoms with Crippen LogP contribution in [-0.4, -0.2) is 23.5 Å². The first-order chi connectivity index (χ1) is 9.15. The molecular weight excluding hydrogens is 325 g/mol. The molecule has 0 N–H and O–H groups in total. The summed E-state index contributed by atoms with van der Waals surface area (Å²) in [6.45, 7) is 0. The van der Waals surface area contributed by atoms with Gasteiger partial charge in [-0.3, -0.25) is 10.1 Å². The zero-order valence-electron chi connectivity index (χ0n) is 9.47. The maximum Gasteiger partial charge on any atom is 0.413 e. The summed E-state index contributed by atoms with van der Waals surface area (Å²) in [5.41, 5.74) is -4.84. The highest BCUT2D eigenvalue weighted by Gasteiger charge is 2.60. The molecule has 0 saturated heterocycles. The van der Waals surface area contributed by atoms with Gasteiger partial charge >= 0.3 is 18.5 Å². The number of hydrogen-bond acceptors (Lipinski definition) is 2. The van der Waals surface area contributed by atoms with Gasteiger partial charge in [-0.25, -0.2) is 0 Å². The van der Waals surface area contributed by atoms with Gasteiger partial charge in [0, 0.05) is 6.08 Å². The largest absolute Gasteiger partial charge is 0.413 e. The Bertz CT molecular complexity index is 497. The molecule has 21 heavy (non-hydrogen) atoms. The molecule has 12 heteroatoms. The minimum atomic E-state index is -5.79. The molecule has 2 unspecified atom stereocenters. The number of hydrogen-bond donors (Lipinski definition) is 0. The molecule has 0 saturated carbocycles. The molecule has 1 rings (SSSR count). The van der Waals surface area contributed by atoms with Crippen molar-refractivity contribution in [1.82, 2.24) is 0 Å². The third kappa shape index (κ3) is 3.67. The Morgan fingerprint density at radius 1 is 0.905 bits per heavy atom. The molecule has 120 valence electrons. The van der Waals surface area contributed by atoms with Gasteiger partial charge < -0.3 is 0 Å². The van der Waals surface area contributed by atoms with Crippen molar-refractivity contribution in [1.29, 1.82) is 0 Å². The molecule has 0 spiro atoms. The molecule has 0 aromatic rings. The van der Waals surface area contributed by atoms with Crippen LogP contribution >= 0.6 is 0 Å². The normalized spacial score (nSPS) is 24.4. The molecule has 2 atom stereocenters. The van der Waals surface area contributed by atoms with E-state index in [2.05, 4.69) is 0 Å². The first-order valence-electron chi connectivity index (χ1n) is 4.94. The van der Waals surface area contributed by atoms with Crippen molar-refractivity contribution in [3.8, 4) is 0 Å². The molecule has 3 nitrogen and oxygen atoms in total. The summed E-state index contributed by atoms with van der Waals surface area (Å²) in [5.74, 6) is -6.88. The third-order valence-corrected chi connectivity index (χ3v) is 2.56. The number of nitro groups is 1. The van der Waals surface area contributed by atoms with E-state index in [-0.39, 0.29) is 0 Å². The SMILES string of the molecule is O=[N+]([O-])C1=CC(C(F)(F)F)C=C(C(F)(F)F)C1C(F)(F)F. The molecule has 1 aliphatic rings. The van der Waals surface area contributed by atoms with Crippen molar-refractivity contribution < 1.29 is 44.4 Å². The van der Waals surface area contributed by atoms with Crippen molar-refractivity contribution in [3.63, 3.8) is 0 Å². The summed E-state index contributed by atoms with van der Waals surface area (Å²) in [6.07, 6.45) is -18.1. The van der Waals surface area contributed by atoms with Gasteiger partial charge in [-0.15, -0.1) is 0 Å². The minimum Gasteiger partial charge on any atom is -0.259 e. The van der Waals surface area contributed by atoms with Crippen LogP contribution in [0.25, 0.3) is 0 Å². The van der Waals surface area contributed by atoms with Crippen LogP contribution < -0.4 is 0 Å². The van der Waals surface area contributed by atoms with Crippen molar-refractivity contribution in [2.24, 2.45) is 11.8 Å². The van der Waals surface area contributed by atoms with Gasteiger partial charge in [0.2, 0.25) is 0 Å². The predicted octanol–water partition coefficient (Wildman–Crippen LogP) is 4.01. The van der Waals surface area contributed by atoms with Gasteiger partial charge in [0.05, 0.1) is 16.4 Å². The fourth-order valence-corrected chi connectivity index (χ4v) is 1.73. The van der Waals surface area contributed by atoms with Crippen LogP contribution in [0.2, 0.25) is 0 Å². The van der Waals surface area contributed by atoms with E-state index in [1.165, 1.54) is 0 Å². The topological polar surface area (TPSA) is 43.1 Å². The minimum absolute atomic E-state index is 0.465. The fraction of sp³-hybridized carbons (Fsp3) is 0.556. The Morgan fingerprint density at radius 3 is 1.67 bits per heavy atom. The number of halogens is 9. The molecule has 0 aliphatic heterocycles. The molecule has 1 aliphatic carbocycles. The van der Waals surface area contributed by atoms with E-state index in [0.29, 0.717) is 0 Å². The van der Waals surface area contributed by atoms with Gasteiger partial charge in [-0.05, 0) is 0 Å². The summed E-state index contributed by atoms with van der Waals surface area (Å²) in [7, 11) is 0. The summed E-state index contributed by atoms with van der Waals surface area (Å²) in [6, 6.07) is 0. The lowest BCUT2D eigenvalue weighted by Crippen LogP contribution is -2.39. The Hall–Kier alpha value is -1.75. The van der Waals surface area contributed by atoms with Crippen LogP contribution in [0.1, 0.15) is 0 Å². The second-order valence-corrected chi connectivity index (χ2v) is 4.01. The third-order valence-electron chi connectivity index (χ3n) is 2.56. The number of nitrogens with zero attached hydrogens (tertiary/aromatic N) is 1. The highest BCUT2D eigenvalue weighted by Crippen LogP contribution is 2.49. The Morgan fingerprint density at radius 2 is 1.38 bits per heavy atom. The number of rotatable bonds is 1. The molecule has 0 aromatic heterocycles. The van der Waals surface area contributed by atoms with E-state index in [1.807, 2.05) is 0 Å². The summed E-state index contributed by atoms with van der Waals surface area (Å²) < 4.78 is 113. The fourth-order valence-electron chi connectivity index (χ4n) is 1.73. The Kier molecular flexibility index (Phi) is 4.05. The van der Waals surface area contributed by atoms with E-state index < -0.39 is 58.7 Å². The van der Waals surface area contributed by atoms with Crippen LogP contribution in [0.5, 0.6) is 0 Å². The second-order valence-electron chi connectivity index (χ2n) is 4.01. The molecule has 0 aromatic carbocycles. The number of allylic oxidation sites excluding steroid dienone is 3. The lowest BCUT2D eigenvalue weighted by molar-refractivity contribution is -0.443. The van der Waals surface area contributed by atoms with Gasteiger partial charge in [-0.2, -0.15) is 39.5 Å². The average Bonchev–Trinajstić information content (AvgIpc) is 2.23. The number of alkyl halides is 9. The first kappa shape index (κ1) is 17.3. The smallest absolute Gasteiger partial charge is 0.259 e. The Balaban J connectivity index is 3.54. The van der Waals surface area contributed by atoms with Gasteiger partial charge in [0.1, 0.15) is 0 Å². The molecule has 0 amide bonds. The van der Waals surface area contributed by atoms with Gasteiger partial charge in [0.25, 0.3) is 5.70 Å². The van der Waals surface area contributed by atoms with Crippen molar-refractivity contribution in [2.75, 3.05) is 0 Å². The molecular formula is C9H4F9NO2. The van der Waals surface area contributed by atoms with Crippen molar-refractivity contribution >= 4 is 0 Å². The van der Waals surface area contributed by atoms with E-state index in [1.54, 1.807) is 0 Å². The zero-order chi connectivity index (χ0) is 16.8. The van der Waals surface area contributed by atoms with E-state index in [4.69, 9.17) is 0 Å². The lowest BCUT2D eigenvalue weighted by Gasteiger charge is -2.28. The summed E-state index contributed by atoms with van der Waals surface area (Å²) in [4.78, 5) is 8.54. The zero-order valence-corrected chi connectivity index (χ0v) is 9.47. The molecule has 0 heterocycles. The van der Waals surface area contributed by atoms with E-state index in [0.717, 1.165) is 0 Å². The van der Waals surface area contributed by atoms with E-state index >= 15 is 0 Å². The molecule has 0 fully saturated rings. The maximum atomic E-state index is 12.6. The van der Waals surface area contributed by atoms with Crippen LogP contribution in [0, 0.1) is 22.0 Å². The average molecular weight is 329 g/mol. The lowest BCUT2D eigenvalue weighted by atomic mass is 9.84. The van der Waals surface area contributed by atoms with Crippen LogP contribution in [-0.2, 0) is 0 Å². The van der Waals surface area contributed by atoms with Crippen molar-refractivity contribution in [3.05, 3.63) is 33.5 Å². The van der Waals surface area contributed by atoms with Crippen LogP contribution in [0.15, 0.2) is 23.4 Å². The monoisotopic (exact) mass is 329 g/mol. The second kappa shape index (κ2) is 4.91. The van der Waals surface area contributed by atoms with Crippen molar-refractivity contribution in [2.45, 2.75) is 18.5 Å². The van der Waals surface area contributed by atoms with Gasteiger partial charge in [0.15, 0.2) is 5.92 Å². The van der Waals surface area contributed by atoms with Crippen LogP contribution in [0.3, 0.4) is 0 Å². The maximum absolute atomic E-state index is 12.6. The first-order valence-corrected chi connectivity index (χ1v) is 4.94. The van der Waals surface area contributed by atoms with Crippen LogP contribution in [0.4, 0.5) is 39.5 Å².